The van der Waals surface area contributed by atoms with Crippen LogP contribution in [0.1, 0.15) is 40.0 Å². The van der Waals surface area contributed by atoms with Gasteiger partial charge in [-0.15, -0.1) is 0 Å². The summed E-state index contributed by atoms with van der Waals surface area (Å²) in [5.41, 5.74) is 0.173. The SMILES string of the molecule is CN1CCCN(C(C)(C)C)CC1CCC(=O)O. The third-order valence-electron chi connectivity index (χ3n) is 3.63. The Hall–Kier alpha value is -0.610. The van der Waals surface area contributed by atoms with Crippen molar-refractivity contribution in [2.45, 2.75) is 51.6 Å². The predicted octanol–water partition coefficient (Wildman–Crippen LogP) is 1.66. The van der Waals surface area contributed by atoms with Gasteiger partial charge in [0, 0.05) is 24.5 Å². The van der Waals surface area contributed by atoms with E-state index in [-0.39, 0.29) is 12.0 Å². The largest absolute Gasteiger partial charge is 0.481 e. The zero-order valence-corrected chi connectivity index (χ0v) is 11.6. The molecule has 4 heteroatoms. The van der Waals surface area contributed by atoms with Gasteiger partial charge in [-0.3, -0.25) is 9.69 Å². The van der Waals surface area contributed by atoms with Crippen LogP contribution in [-0.4, -0.2) is 59.1 Å². The maximum atomic E-state index is 10.7. The number of nitrogens with zero attached hydrogens (tertiary/aromatic N) is 2. The smallest absolute Gasteiger partial charge is 0.303 e. The van der Waals surface area contributed by atoms with Crippen molar-refractivity contribution in [3.05, 3.63) is 0 Å². The molecule has 1 aliphatic heterocycles. The van der Waals surface area contributed by atoms with E-state index in [1.807, 2.05) is 0 Å². The topological polar surface area (TPSA) is 43.8 Å². The number of carboxylic acid groups (broad SMARTS) is 1. The number of aliphatic carboxylic acids is 1. The molecule has 0 aromatic carbocycles. The van der Waals surface area contributed by atoms with Crippen molar-refractivity contribution in [3.8, 4) is 0 Å². The molecule has 0 amide bonds. The van der Waals surface area contributed by atoms with Gasteiger partial charge in [0.1, 0.15) is 0 Å². The summed E-state index contributed by atoms with van der Waals surface area (Å²) in [5.74, 6) is -0.690. The van der Waals surface area contributed by atoms with Crippen LogP contribution >= 0.6 is 0 Å². The van der Waals surface area contributed by atoms with Crippen LogP contribution in [0.4, 0.5) is 0 Å². The van der Waals surface area contributed by atoms with Crippen LogP contribution < -0.4 is 0 Å². The zero-order chi connectivity index (χ0) is 13.1. The second kappa shape index (κ2) is 5.83. The first-order valence-electron chi connectivity index (χ1n) is 6.48. The Morgan fingerprint density at radius 3 is 2.53 bits per heavy atom. The van der Waals surface area contributed by atoms with Crippen molar-refractivity contribution in [1.82, 2.24) is 9.80 Å². The lowest BCUT2D eigenvalue weighted by molar-refractivity contribution is -0.137. The fourth-order valence-electron chi connectivity index (χ4n) is 2.39. The molecular formula is C13H26N2O2. The van der Waals surface area contributed by atoms with Crippen LogP contribution in [0.3, 0.4) is 0 Å². The second-order valence-corrected chi connectivity index (χ2v) is 6.04. The van der Waals surface area contributed by atoms with Gasteiger partial charge in [0.05, 0.1) is 0 Å². The minimum absolute atomic E-state index is 0.173. The van der Waals surface area contributed by atoms with Crippen LogP contribution in [0.15, 0.2) is 0 Å². The summed E-state index contributed by atoms with van der Waals surface area (Å²) in [6.45, 7) is 9.84. The van der Waals surface area contributed by atoms with Crippen molar-refractivity contribution in [3.63, 3.8) is 0 Å². The van der Waals surface area contributed by atoms with E-state index in [2.05, 4.69) is 37.6 Å². The lowest BCUT2D eigenvalue weighted by Crippen LogP contribution is -2.47. The van der Waals surface area contributed by atoms with E-state index in [1.165, 1.54) is 0 Å². The maximum Gasteiger partial charge on any atom is 0.303 e. The van der Waals surface area contributed by atoms with Crippen LogP contribution in [0.5, 0.6) is 0 Å². The molecule has 0 aromatic rings. The summed E-state index contributed by atoms with van der Waals surface area (Å²) < 4.78 is 0. The second-order valence-electron chi connectivity index (χ2n) is 6.04. The minimum Gasteiger partial charge on any atom is -0.481 e. The highest BCUT2D eigenvalue weighted by Crippen LogP contribution is 2.20. The molecule has 1 aliphatic rings. The predicted molar refractivity (Wildman–Crippen MR) is 69.2 cm³/mol. The highest BCUT2D eigenvalue weighted by Gasteiger charge is 2.28. The standard InChI is InChI=1S/C13H26N2O2/c1-13(2,3)15-9-5-8-14(4)11(10-15)6-7-12(16)17/h11H,5-10H2,1-4H3,(H,16,17). The molecule has 1 fully saturated rings. The van der Waals surface area contributed by atoms with Crippen molar-refractivity contribution in [1.29, 1.82) is 0 Å². The third-order valence-corrected chi connectivity index (χ3v) is 3.63. The summed E-state index contributed by atoms with van der Waals surface area (Å²) in [5, 5.41) is 8.79. The molecule has 1 unspecified atom stereocenters. The summed E-state index contributed by atoms with van der Waals surface area (Å²) in [6, 6.07) is 0.368. The quantitative estimate of drug-likeness (QED) is 0.817. The highest BCUT2D eigenvalue weighted by atomic mass is 16.4. The first-order valence-corrected chi connectivity index (χ1v) is 6.48. The Morgan fingerprint density at radius 1 is 1.35 bits per heavy atom. The first-order chi connectivity index (χ1) is 7.80. The van der Waals surface area contributed by atoms with Crippen LogP contribution in [0, 0.1) is 0 Å². The number of rotatable bonds is 3. The van der Waals surface area contributed by atoms with Gasteiger partial charge < -0.3 is 10.0 Å². The average Bonchev–Trinajstić information content (AvgIpc) is 2.36. The van der Waals surface area contributed by atoms with Gasteiger partial charge in [-0.1, -0.05) is 0 Å². The summed E-state index contributed by atoms with van der Waals surface area (Å²) in [4.78, 5) is 15.5. The first kappa shape index (κ1) is 14.5. The summed E-state index contributed by atoms with van der Waals surface area (Å²) in [6.07, 6.45) is 2.18. The molecule has 1 rings (SSSR count). The number of likely N-dealkylation sites (N-methyl/N-ethyl adjacent to an activating group) is 1. The minimum atomic E-state index is -0.690. The Bertz CT molecular complexity index is 261. The van der Waals surface area contributed by atoms with E-state index < -0.39 is 5.97 Å². The van der Waals surface area contributed by atoms with Gasteiger partial charge in [-0.2, -0.15) is 0 Å². The molecule has 1 atom stereocenters. The van der Waals surface area contributed by atoms with Gasteiger partial charge >= 0.3 is 5.97 Å². The van der Waals surface area contributed by atoms with E-state index in [0.717, 1.165) is 32.5 Å². The molecule has 1 N–H and O–H groups in total. The number of carboxylic acids is 1. The fraction of sp³-hybridized carbons (Fsp3) is 0.923. The number of hydrogen-bond acceptors (Lipinski definition) is 3. The van der Waals surface area contributed by atoms with E-state index in [4.69, 9.17) is 5.11 Å². The molecule has 0 saturated carbocycles. The molecule has 0 bridgehead atoms. The molecular weight excluding hydrogens is 216 g/mol. The van der Waals surface area contributed by atoms with Crippen molar-refractivity contribution < 1.29 is 9.90 Å². The molecule has 100 valence electrons. The van der Waals surface area contributed by atoms with E-state index in [1.54, 1.807) is 0 Å². The van der Waals surface area contributed by atoms with E-state index in [9.17, 15) is 4.79 Å². The molecule has 0 aliphatic carbocycles. The molecule has 4 nitrogen and oxygen atoms in total. The number of hydrogen-bond donors (Lipinski definition) is 1. The Labute approximate surface area is 105 Å². The number of carbonyl (C=O) groups is 1. The Morgan fingerprint density at radius 2 is 2.00 bits per heavy atom. The highest BCUT2D eigenvalue weighted by molar-refractivity contribution is 5.66. The molecule has 1 heterocycles. The Balaban J connectivity index is 2.62. The van der Waals surface area contributed by atoms with E-state index in [0.29, 0.717) is 6.04 Å². The van der Waals surface area contributed by atoms with Crippen molar-refractivity contribution in [2.24, 2.45) is 0 Å². The summed E-state index contributed by atoms with van der Waals surface area (Å²) in [7, 11) is 2.11. The lowest BCUT2D eigenvalue weighted by Gasteiger charge is -2.37. The zero-order valence-electron chi connectivity index (χ0n) is 11.6. The van der Waals surface area contributed by atoms with Gasteiger partial charge in [0.25, 0.3) is 0 Å². The van der Waals surface area contributed by atoms with Gasteiger partial charge in [-0.05, 0) is 53.8 Å². The fourth-order valence-corrected chi connectivity index (χ4v) is 2.39. The molecule has 0 radical (unpaired) electrons. The molecule has 0 aromatic heterocycles. The normalized spacial score (nSPS) is 24.6. The third kappa shape index (κ3) is 4.64. The van der Waals surface area contributed by atoms with E-state index >= 15 is 0 Å². The van der Waals surface area contributed by atoms with Gasteiger partial charge in [0.2, 0.25) is 0 Å². The van der Waals surface area contributed by atoms with Crippen LogP contribution in [0.25, 0.3) is 0 Å². The van der Waals surface area contributed by atoms with Crippen molar-refractivity contribution >= 4 is 5.97 Å². The van der Waals surface area contributed by atoms with Crippen molar-refractivity contribution in [2.75, 3.05) is 26.7 Å². The van der Waals surface area contributed by atoms with Crippen LogP contribution in [-0.2, 0) is 4.79 Å². The average molecular weight is 242 g/mol. The Kier molecular flexibility index (Phi) is 4.95. The van der Waals surface area contributed by atoms with Crippen LogP contribution in [0.2, 0.25) is 0 Å². The molecule has 17 heavy (non-hydrogen) atoms. The monoisotopic (exact) mass is 242 g/mol. The molecule has 1 saturated heterocycles. The van der Waals surface area contributed by atoms with Gasteiger partial charge in [-0.25, -0.2) is 0 Å². The lowest BCUT2D eigenvalue weighted by atomic mass is 10.0. The summed E-state index contributed by atoms with van der Waals surface area (Å²) >= 11 is 0. The van der Waals surface area contributed by atoms with Gasteiger partial charge in [0.15, 0.2) is 0 Å². The molecule has 0 spiro atoms. The maximum absolute atomic E-state index is 10.7.